The molecule has 206 valence electrons. The number of hydrogen-bond acceptors (Lipinski definition) is 9. The Morgan fingerprint density at radius 1 is 0.902 bits per heavy atom. The number of nitrogens with one attached hydrogen (secondary N) is 1. The van der Waals surface area contributed by atoms with Crippen LogP contribution in [0.1, 0.15) is 37.1 Å². The molecule has 1 heterocycles. The highest BCUT2D eigenvalue weighted by molar-refractivity contribution is 5.94. The number of benzene rings is 1. The van der Waals surface area contributed by atoms with E-state index in [1.807, 2.05) is 13.0 Å². The van der Waals surface area contributed by atoms with Crippen molar-refractivity contribution < 1.29 is 20.1 Å². The number of aromatic amines is 1. The Hall–Kier alpha value is -5.25. The first-order valence-electron chi connectivity index (χ1n) is 12.9. The van der Waals surface area contributed by atoms with Crippen molar-refractivity contribution in [3.05, 3.63) is 125 Å². The number of pyridine rings is 1. The van der Waals surface area contributed by atoms with Gasteiger partial charge in [-0.2, -0.15) is 0 Å². The second-order valence-electron chi connectivity index (χ2n) is 10.1. The summed E-state index contributed by atoms with van der Waals surface area (Å²) in [6, 6.07) is 4.14. The van der Waals surface area contributed by atoms with Gasteiger partial charge in [0.25, 0.3) is 5.56 Å². The molecule has 0 radical (unpaired) electrons. The summed E-state index contributed by atoms with van der Waals surface area (Å²) >= 11 is 0. The normalized spacial score (nSPS) is 18.0. The van der Waals surface area contributed by atoms with E-state index in [-0.39, 0.29) is 30.4 Å². The van der Waals surface area contributed by atoms with Gasteiger partial charge in [0.1, 0.15) is 22.7 Å². The van der Waals surface area contributed by atoms with Crippen LogP contribution in [0.3, 0.4) is 0 Å². The van der Waals surface area contributed by atoms with E-state index >= 15 is 0 Å². The molecule has 6 rings (SSSR count). The number of ether oxygens (including phenoxy) is 1. The van der Waals surface area contributed by atoms with E-state index in [2.05, 4.69) is 4.98 Å². The molecule has 2 aromatic rings. The number of aromatic nitrogens is 1. The second kappa shape index (κ2) is 8.88. The predicted octanol–water partition coefficient (Wildman–Crippen LogP) is 0.493. The third-order valence-electron chi connectivity index (χ3n) is 7.93. The fourth-order valence-corrected chi connectivity index (χ4v) is 6.24. The van der Waals surface area contributed by atoms with Gasteiger partial charge in [0.2, 0.25) is 16.3 Å². The molecule has 41 heavy (non-hydrogen) atoms. The van der Waals surface area contributed by atoms with E-state index in [1.54, 1.807) is 37.3 Å². The average molecular weight is 554 g/mol. The smallest absolute Gasteiger partial charge is 0.260 e. The van der Waals surface area contributed by atoms with Crippen LogP contribution < -0.4 is 42.4 Å². The van der Waals surface area contributed by atoms with Crippen LogP contribution in [0.4, 0.5) is 0 Å². The van der Waals surface area contributed by atoms with Gasteiger partial charge in [-0.1, -0.05) is 24.3 Å². The molecule has 0 amide bonds. The van der Waals surface area contributed by atoms with E-state index in [1.165, 1.54) is 0 Å². The maximum absolute atomic E-state index is 13.6. The zero-order valence-corrected chi connectivity index (χ0v) is 22.0. The number of aryl methyl sites for hydroxylation is 1. The number of fused-ring (bicyclic) bond motifs is 4. The Balaban J connectivity index is 1.73. The maximum Gasteiger partial charge on any atom is 0.260 e. The summed E-state index contributed by atoms with van der Waals surface area (Å²) in [5.41, 5.74) is -5.75. The van der Waals surface area contributed by atoms with Crippen molar-refractivity contribution in [2.45, 2.75) is 32.1 Å². The summed E-state index contributed by atoms with van der Waals surface area (Å²) < 4.78 is 5.18. The van der Waals surface area contributed by atoms with Crippen molar-refractivity contribution in [3.63, 3.8) is 0 Å². The van der Waals surface area contributed by atoms with Gasteiger partial charge in [-0.3, -0.25) is 24.0 Å². The Kier molecular flexibility index (Phi) is 5.63. The summed E-state index contributed by atoms with van der Waals surface area (Å²) in [6.07, 6.45) is 7.16. The minimum Gasteiger partial charge on any atom is -0.510 e. The summed E-state index contributed by atoms with van der Waals surface area (Å²) in [4.78, 5) is 68.8. The number of hydrogen-bond donors (Lipinski definition) is 4. The van der Waals surface area contributed by atoms with Crippen molar-refractivity contribution >= 4 is 28.4 Å². The summed E-state index contributed by atoms with van der Waals surface area (Å²) in [6.45, 7) is 3.44. The molecule has 4 N–H and O–H groups in total. The van der Waals surface area contributed by atoms with Crippen LogP contribution >= 0.6 is 0 Å². The van der Waals surface area contributed by atoms with Gasteiger partial charge in [0.15, 0.2) is 11.2 Å². The molecule has 0 bridgehead atoms. The monoisotopic (exact) mass is 553 g/mol. The SMILES string of the molecule is C/C=C/C=C/c1cc2cc3c(c(O)c2c(=O)[nH]1)[C@@]1(CC3)C(O)=c2c(=O)c3c(=O)cc(OCC)c(=O)c=3c(=O)c2=C1O. The lowest BCUT2D eigenvalue weighted by Crippen LogP contribution is -2.52. The highest BCUT2D eigenvalue weighted by Crippen LogP contribution is 2.54. The molecular formula is C31H23NO9. The molecule has 0 unspecified atom stereocenters. The molecular weight excluding hydrogens is 530 g/mol. The Labute approximate surface area is 229 Å². The lowest BCUT2D eigenvalue weighted by molar-refractivity contribution is 0.336. The van der Waals surface area contributed by atoms with E-state index in [9.17, 15) is 39.3 Å². The Morgan fingerprint density at radius 2 is 1.59 bits per heavy atom. The zero-order chi connectivity index (χ0) is 29.4. The van der Waals surface area contributed by atoms with Crippen molar-refractivity contribution in [1.29, 1.82) is 0 Å². The van der Waals surface area contributed by atoms with Gasteiger partial charge >= 0.3 is 0 Å². The number of phenolic OH excluding ortho intramolecular Hbond substituents is 1. The fraction of sp³-hybridized carbons (Fsp3) is 0.194. The first-order valence-corrected chi connectivity index (χ1v) is 12.9. The lowest BCUT2D eigenvalue weighted by Gasteiger charge is -2.27. The highest BCUT2D eigenvalue weighted by Gasteiger charge is 2.53. The van der Waals surface area contributed by atoms with E-state index in [0.717, 1.165) is 6.07 Å². The molecule has 1 spiro atoms. The van der Waals surface area contributed by atoms with Crippen LogP contribution in [-0.2, 0) is 11.8 Å². The quantitative estimate of drug-likeness (QED) is 0.263. The van der Waals surface area contributed by atoms with E-state index in [0.29, 0.717) is 16.6 Å². The molecule has 1 aromatic heterocycles. The van der Waals surface area contributed by atoms with E-state index < -0.39 is 76.6 Å². The Bertz CT molecular complexity index is 2370. The summed E-state index contributed by atoms with van der Waals surface area (Å²) in [5.74, 6) is -2.40. The minimum absolute atomic E-state index is 0.0231. The van der Waals surface area contributed by atoms with Crippen LogP contribution in [0, 0.1) is 10.4 Å². The number of rotatable bonds is 4. The molecule has 10 nitrogen and oxygen atoms in total. The standard InChI is InChI=1S/C31H23NO9/c1-3-5-6-7-15-11-14-10-13-8-9-31(23(13)27(37)18(14)30(40)32-15)28(38)21-22(29(31)39)26(36)20-19(25(21)35)16(33)12-17(24(20)34)41-4-2/h3,5-7,10-12,37-39H,4,8-9H2,1-2H3,(H,32,40)/b5-3+,7-6+/t31-/m0/s1. The first kappa shape index (κ1) is 26.0. The van der Waals surface area contributed by atoms with Gasteiger partial charge in [-0.25, -0.2) is 0 Å². The fourth-order valence-electron chi connectivity index (χ4n) is 6.24. The van der Waals surface area contributed by atoms with Crippen LogP contribution in [0.15, 0.2) is 60.4 Å². The number of allylic oxidation sites excluding steroid dienone is 3. The largest absolute Gasteiger partial charge is 0.510 e. The molecule has 1 atom stereocenters. The van der Waals surface area contributed by atoms with Crippen molar-refractivity contribution in [2.75, 3.05) is 6.61 Å². The minimum atomic E-state index is -1.93. The van der Waals surface area contributed by atoms with Gasteiger partial charge in [0.05, 0.1) is 32.9 Å². The van der Waals surface area contributed by atoms with Crippen LogP contribution in [0.5, 0.6) is 11.5 Å². The highest BCUT2D eigenvalue weighted by atomic mass is 16.5. The first-order chi connectivity index (χ1) is 19.6. The van der Waals surface area contributed by atoms with Gasteiger partial charge in [-0.05, 0) is 49.8 Å². The number of aromatic hydroxyl groups is 1. The molecule has 1 aromatic carbocycles. The zero-order valence-electron chi connectivity index (χ0n) is 22.0. The third-order valence-corrected chi connectivity index (χ3v) is 7.93. The number of phenols is 1. The van der Waals surface area contributed by atoms with Crippen molar-refractivity contribution in [3.8, 4) is 11.5 Å². The number of aliphatic hydroxyl groups is 2. The topological polar surface area (TPSA) is 171 Å². The van der Waals surface area contributed by atoms with Crippen molar-refractivity contribution in [2.24, 2.45) is 0 Å². The molecule has 4 aliphatic rings. The predicted molar refractivity (Wildman–Crippen MR) is 152 cm³/mol. The maximum atomic E-state index is 13.6. The average Bonchev–Trinajstić information content (AvgIpc) is 3.42. The summed E-state index contributed by atoms with van der Waals surface area (Å²) in [5, 5.41) is 32.1. The van der Waals surface area contributed by atoms with E-state index in [4.69, 9.17) is 4.74 Å². The third kappa shape index (κ3) is 3.27. The number of H-pyrrole nitrogens is 1. The van der Waals surface area contributed by atoms with Gasteiger partial charge in [0, 0.05) is 17.3 Å². The lowest BCUT2D eigenvalue weighted by atomic mass is 9.78. The molecule has 0 saturated carbocycles. The van der Waals surface area contributed by atoms with Crippen LogP contribution in [0.2, 0.25) is 0 Å². The molecule has 0 fully saturated rings. The van der Waals surface area contributed by atoms with Crippen LogP contribution in [0.25, 0.3) is 28.4 Å². The van der Waals surface area contributed by atoms with Crippen LogP contribution in [-0.4, -0.2) is 26.9 Å². The Morgan fingerprint density at radius 3 is 2.24 bits per heavy atom. The molecule has 4 aliphatic carbocycles. The second-order valence-corrected chi connectivity index (χ2v) is 10.1. The van der Waals surface area contributed by atoms with Crippen molar-refractivity contribution in [1.82, 2.24) is 4.98 Å². The molecule has 10 heteroatoms. The molecule has 0 aliphatic heterocycles. The van der Waals surface area contributed by atoms with Gasteiger partial charge in [-0.15, -0.1) is 0 Å². The summed E-state index contributed by atoms with van der Waals surface area (Å²) in [7, 11) is 0. The number of aliphatic hydroxyl groups excluding tert-OH is 2. The molecule has 0 saturated heterocycles. The van der Waals surface area contributed by atoms with Gasteiger partial charge < -0.3 is 25.0 Å².